The Balaban J connectivity index is 1.62. The van der Waals surface area contributed by atoms with Crippen molar-refractivity contribution in [3.8, 4) is 11.3 Å². The quantitative estimate of drug-likeness (QED) is 0.834. The van der Waals surface area contributed by atoms with Gasteiger partial charge in [-0.05, 0) is 31.5 Å². The van der Waals surface area contributed by atoms with E-state index >= 15 is 0 Å². The predicted octanol–water partition coefficient (Wildman–Crippen LogP) is 1.88. The number of carbonyl (C=O) groups excluding carboxylic acids is 2. The van der Waals surface area contributed by atoms with Crippen molar-refractivity contribution in [3.05, 3.63) is 35.4 Å². The monoisotopic (exact) mass is 375 g/mol. The Hall–Kier alpha value is -2.38. The molecule has 1 aromatic heterocycles. The summed E-state index contributed by atoms with van der Waals surface area (Å²) >= 11 is 5.91. The van der Waals surface area contributed by atoms with Crippen molar-refractivity contribution >= 4 is 29.2 Å². The third kappa shape index (κ3) is 4.42. The molecule has 2 amide bonds. The lowest BCUT2D eigenvalue weighted by Gasteiger charge is -2.30. The summed E-state index contributed by atoms with van der Waals surface area (Å²) in [5.74, 6) is 0.00305. The van der Waals surface area contributed by atoms with E-state index < -0.39 is 0 Å². The van der Waals surface area contributed by atoms with E-state index in [1.54, 1.807) is 23.9 Å². The van der Waals surface area contributed by atoms with Crippen LogP contribution in [0.2, 0.25) is 5.02 Å². The smallest absolute Gasteiger partial charge is 0.239 e. The first-order valence-electron chi connectivity index (χ1n) is 8.54. The number of rotatable bonds is 5. The molecule has 1 aliphatic rings. The number of nitrogens with one attached hydrogen (secondary N) is 1. The van der Waals surface area contributed by atoms with Crippen molar-refractivity contribution in [2.45, 2.75) is 12.8 Å². The van der Waals surface area contributed by atoms with Crippen molar-refractivity contribution in [1.82, 2.24) is 14.7 Å². The van der Waals surface area contributed by atoms with Crippen LogP contribution in [0.1, 0.15) is 12.8 Å². The van der Waals surface area contributed by atoms with Crippen LogP contribution in [0.5, 0.6) is 0 Å². The van der Waals surface area contributed by atoms with Crippen LogP contribution in [0, 0.1) is 5.92 Å². The van der Waals surface area contributed by atoms with Gasteiger partial charge in [-0.2, -0.15) is 5.10 Å². The molecule has 2 aromatic rings. The van der Waals surface area contributed by atoms with Gasteiger partial charge in [-0.15, -0.1) is 0 Å². The summed E-state index contributed by atoms with van der Waals surface area (Å²) in [5.41, 5.74) is 7.06. The lowest BCUT2D eigenvalue weighted by Crippen LogP contribution is -2.44. The van der Waals surface area contributed by atoms with E-state index in [1.807, 2.05) is 23.1 Å². The molecule has 0 radical (unpaired) electrons. The van der Waals surface area contributed by atoms with Crippen LogP contribution in [0.25, 0.3) is 11.3 Å². The average Bonchev–Trinajstić information content (AvgIpc) is 2.96. The highest BCUT2D eigenvalue weighted by Gasteiger charge is 2.25. The molecule has 8 heteroatoms. The van der Waals surface area contributed by atoms with Crippen molar-refractivity contribution in [1.29, 1.82) is 0 Å². The van der Waals surface area contributed by atoms with Gasteiger partial charge in [-0.1, -0.05) is 23.7 Å². The van der Waals surface area contributed by atoms with Crippen LogP contribution in [0.3, 0.4) is 0 Å². The molecule has 1 atom stereocenters. The Morgan fingerprint density at radius 3 is 2.77 bits per heavy atom. The predicted molar refractivity (Wildman–Crippen MR) is 101 cm³/mol. The molecule has 0 aliphatic carbocycles. The number of anilines is 1. The molecule has 0 unspecified atom stereocenters. The number of aryl methyl sites for hydroxylation is 1. The number of hydrogen-bond acceptors (Lipinski definition) is 4. The minimum atomic E-state index is -0.297. The zero-order valence-electron chi connectivity index (χ0n) is 14.6. The zero-order chi connectivity index (χ0) is 18.7. The maximum Gasteiger partial charge on any atom is 0.239 e. The lowest BCUT2D eigenvalue weighted by molar-refractivity contribution is -0.125. The van der Waals surface area contributed by atoms with E-state index in [4.69, 9.17) is 17.3 Å². The molecule has 138 valence electrons. The van der Waals surface area contributed by atoms with Gasteiger partial charge in [0, 0.05) is 30.2 Å². The Morgan fingerprint density at radius 1 is 1.35 bits per heavy atom. The fourth-order valence-electron chi connectivity index (χ4n) is 3.16. The number of carbonyl (C=O) groups is 2. The molecule has 7 nitrogen and oxygen atoms in total. The summed E-state index contributed by atoms with van der Waals surface area (Å²) < 4.78 is 1.63. The number of aromatic nitrogens is 2. The number of primary amides is 1. The van der Waals surface area contributed by atoms with Gasteiger partial charge < -0.3 is 11.1 Å². The Kier molecular flexibility index (Phi) is 5.58. The number of benzene rings is 1. The molecule has 0 spiro atoms. The first-order chi connectivity index (χ1) is 12.4. The molecule has 3 N–H and O–H groups in total. The first-order valence-corrected chi connectivity index (χ1v) is 8.91. The second-order valence-corrected chi connectivity index (χ2v) is 7.01. The average molecular weight is 376 g/mol. The van der Waals surface area contributed by atoms with Crippen LogP contribution in [-0.2, 0) is 16.6 Å². The van der Waals surface area contributed by atoms with Gasteiger partial charge >= 0.3 is 0 Å². The van der Waals surface area contributed by atoms with E-state index in [9.17, 15) is 9.59 Å². The number of nitrogens with two attached hydrogens (primary N) is 1. The van der Waals surface area contributed by atoms with Gasteiger partial charge in [-0.25, -0.2) is 0 Å². The van der Waals surface area contributed by atoms with Crippen LogP contribution < -0.4 is 11.1 Å². The SMILES string of the molecule is Cn1nc(-c2ccc(Cl)cc2)cc1NC(=O)CN1CCC[C@H](C(N)=O)C1. The summed E-state index contributed by atoms with van der Waals surface area (Å²) in [5, 5.41) is 7.97. The number of hydrogen-bond donors (Lipinski definition) is 2. The summed E-state index contributed by atoms with van der Waals surface area (Å²) in [6.45, 7) is 1.55. The first kappa shape index (κ1) is 18.4. The second kappa shape index (κ2) is 7.88. The van der Waals surface area contributed by atoms with Crippen molar-refractivity contribution in [2.75, 3.05) is 25.0 Å². The van der Waals surface area contributed by atoms with Gasteiger partial charge in [0.05, 0.1) is 18.2 Å². The molecular weight excluding hydrogens is 354 g/mol. The maximum absolute atomic E-state index is 12.4. The summed E-state index contributed by atoms with van der Waals surface area (Å²) in [6.07, 6.45) is 1.66. The fraction of sp³-hybridized carbons (Fsp3) is 0.389. The maximum atomic E-state index is 12.4. The van der Waals surface area contributed by atoms with Gasteiger partial charge in [0.15, 0.2) is 0 Å². The molecule has 3 rings (SSSR count). The molecule has 1 saturated heterocycles. The van der Waals surface area contributed by atoms with E-state index in [0.717, 1.165) is 30.6 Å². The van der Waals surface area contributed by atoms with E-state index in [-0.39, 0.29) is 24.3 Å². The van der Waals surface area contributed by atoms with E-state index in [2.05, 4.69) is 10.4 Å². The Morgan fingerprint density at radius 2 is 2.08 bits per heavy atom. The summed E-state index contributed by atoms with van der Waals surface area (Å²) in [4.78, 5) is 25.7. The second-order valence-electron chi connectivity index (χ2n) is 6.57. The largest absolute Gasteiger partial charge is 0.369 e. The normalized spacial score (nSPS) is 17.8. The number of likely N-dealkylation sites (tertiary alicyclic amines) is 1. The number of halogens is 1. The third-order valence-corrected chi connectivity index (χ3v) is 4.81. The number of amides is 2. The molecule has 26 heavy (non-hydrogen) atoms. The Bertz CT molecular complexity index is 802. The highest BCUT2D eigenvalue weighted by molar-refractivity contribution is 6.30. The van der Waals surface area contributed by atoms with E-state index in [1.165, 1.54) is 0 Å². The standard InChI is InChI=1S/C18H22ClN5O2/c1-23-16(9-15(22-23)12-4-6-14(19)7-5-12)21-17(25)11-24-8-2-3-13(10-24)18(20)26/h4-7,9,13H,2-3,8,10-11H2,1H3,(H2,20,26)(H,21,25)/t13-/m0/s1. The van der Waals surface area contributed by atoms with Crippen molar-refractivity contribution in [3.63, 3.8) is 0 Å². The molecular formula is C18H22ClN5O2. The molecule has 0 saturated carbocycles. The topological polar surface area (TPSA) is 93.2 Å². The van der Waals surface area contributed by atoms with Gasteiger partial charge in [0.25, 0.3) is 0 Å². The fourth-order valence-corrected chi connectivity index (χ4v) is 3.29. The highest BCUT2D eigenvalue weighted by atomic mass is 35.5. The lowest BCUT2D eigenvalue weighted by atomic mass is 9.97. The summed E-state index contributed by atoms with van der Waals surface area (Å²) in [7, 11) is 1.78. The number of nitrogens with zero attached hydrogens (tertiary/aromatic N) is 3. The van der Waals surface area contributed by atoms with Crippen molar-refractivity contribution in [2.24, 2.45) is 18.7 Å². The minimum absolute atomic E-state index is 0.138. The van der Waals surface area contributed by atoms with Crippen LogP contribution in [-0.4, -0.2) is 46.1 Å². The molecule has 1 aromatic carbocycles. The number of piperidine rings is 1. The Labute approximate surface area is 157 Å². The van der Waals surface area contributed by atoms with Crippen LogP contribution >= 0.6 is 11.6 Å². The summed E-state index contributed by atoms with van der Waals surface area (Å²) in [6, 6.07) is 9.19. The van der Waals surface area contributed by atoms with Crippen LogP contribution in [0.4, 0.5) is 5.82 Å². The third-order valence-electron chi connectivity index (χ3n) is 4.56. The van der Waals surface area contributed by atoms with Crippen molar-refractivity contribution < 1.29 is 9.59 Å². The highest BCUT2D eigenvalue weighted by Crippen LogP contribution is 2.23. The molecule has 1 aliphatic heterocycles. The van der Waals surface area contributed by atoms with Crippen LogP contribution in [0.15, 0.2) is 30.3 Å². The van der Waals surface area contributed by atoms with Gasteiger partial charge in [-0.3, -0.25) is 19.2 Å². The van der Waals surface area contributed by atoms with E-state index in [0.29, 0.717) is 17.4 Å². The molecule has 1 fully saturated rings. The van der Waals surface area contributed by atoms with Gasteiger partial charge in [0.1, 0.15) is 5.82 Å². The van der Waals surface area contributed by atoms with Gasteiger partial charge in [0.2, 0.25) is 11.8 Å². The molecule has 2 heterocycles. The molecule has 0 bridgehead atoms. The minimum Gasteiger partial charge on any atom is -0.369 e. The zero-order valence-corrected chi connectivity index (χ0v) is 15.4.